The van der Waals surface area contributed by atoms with Crippen LogP contribution in [0, 0.1) is 13.8 Å². The number of hydrogen-bond donors (Lipinski definition) is 1. The molecule has 1 atom stereocenters. The standard InChI is InChI=1S/C23H20N4O/c1-15-16(2)26-21-14-18(11-12-19(21)25-15)23(28)27-22(17-8-4-3-5-9-17)20-10-6-7-13-24-20/h3-14,22H,1-2H3,(H,27,28). The van der Waals surface area contributed by atoms with Crippen molar-refractivity contribution in [3.05, 3.63) is 101 Å². The fourth-order valence-corrected chi connectivity index (χ4v) is 3.11. The van der Waals surface area contributed by atoms with Crippen molar-refractivity contribution in [1.29, 1.82) is 0 Å². The quantitative estimate of drug-likeness (QED) is 0.587. The number of nitrogens with one attached hydrogen (secondary N) is 1. The van der Waals surface area contributed by atoms with Crippen LogP contribution in [0.3, 0.4) is 0 Å². The monoisotopic (exact) mass is 368 g/mol. The number of aromatic nitrogens is 3. The van der Waals surface area contributed by atoms with Crippen LogP contribution in [-0.2, 0) is 0 Å². The van der Waals surface area contributed by atoms with Gasteiger partial charge in [0, 0.05) is 11.8 Å². The Hall–Kier alpha value is -3.60. The zero-order valence-corrected chi connectivity index (χ0v) is 15.8. The number of carbonyl (C=O) groups is 1. The smallest absolute Gasteiger partial charge is 0.252 e. The topological polar surface area (TPSA) is 67.8 Å². The summed E-state index contributed by atoms with van der Waals surface area (Å²) in [7, 11) is 0. The first-order valence-electron chi connectivity index (χ1n) is 9.13. The summed E-state index contributed by atoms with van der Waals surface area (Å²) in [6.07, 6.45) is 1.73. The van der Waals surface area contributed by atoms with E-state index in [1.54, 1.807) is 18.3 Å². The maximum atomic E-state index is 13.0. The molecule has 4 rings (SSSR count). The molecule has 2 aromatic carbocycles. The van der Waals surface area contributed by atoms with Gasteiger partial charge in [-0.05, 0) is 49.7 Å². The second-order valence-corrected chi connectivity index (χ2v) is 6.67. The van der Waals surface area contributed by atoms with Gasteiger partial charge in [0.25, 0.3) is 5.91 Å². The highest BCUT2D eigenvalue weighted by Crippen LogP contribution is 2.21. The van der Waals surface area contributed by atoms with Crippen LogP contribution in [0.1, 0.15) is 39.0 Å². The average molecular weight is 368 g/mol. The van der Waals surface area contributed by atoms with Gasteiger partial charge in [-0.3, -0.25) is 9.78 Å². The third kappa shape index (κ3) is 3.60. The van der Waals surface area contributed by atoms with Crippen molar-refractivity contribution in [3.63, 3.8) is 0 Å². The summed E-state index contributed by atoms with van der Waals surface area (Å²) in [4.78, 5) is 26.5. The molecule has 2 heterocycles. The molecule has 28 heavy (non-hydrogen) atoms. The van der Waals surface area contributed by atoms with Gasteiger partial charge in [0.15, 0.2) is 0 Å². The number of rotatable bonds is 4. The molecule has 1 amide bonds. The lowest BCUT2D eigenvalue weighted by Gasteiger charge is -2.19. The normalized spacial score (nSPS) is 11.9. The summed E-state index contributed by atoms with van der Waals surface area (Å²) in [5, 5.41) is 3.11. The molecule has 0 aliphatic carbocycles. The van der Waals surface area contributed by atoms with Crippen LogP contribution in [0.5, 0.6) is 0 Å². The lowest BCUT2D eigenvalue weighted by molar-refractivity contribution is 0.0942. The first kappa shape index (κ1) is 17.8. The first-order valence-corrected chi connectivity index (χ1v) is 9.13. The molecule has 4 aromatic rings. The molecule has 0 aliphatic rings. The number of nitrogens with zero attached hydrogens (tertiary/aromatic N) is 3. The van der Waals surface area contributed by atoms with Crippen LogP contribution in [0.25, 0.3) is 11.0 Å². The zero-order chi connectivity index (χ0) is 19.5. The third-order valence-corrected chi connectivity index (χ3v) is 4.73. The van der Waals surface area contributed by atoms with Gasteiger partial charge in [-0.15, -0.1) is 0 Å². The van der Waals surface area contributed by atoms with Crippen molar-refractivity contribution in [2.75, 3.05) is 0 Å². The molecule has 1 unspecified atom stereocenters. The van der Waals surface area contributed by atoms with E-state index < -0.39 is 0 Å². The first-order chi connectivity index (χ1) is 13.6. The molecular formula is C23H20N4O. The Morgan fingerprint density at radius 1 is 0.857 bits per heavy atom. The van der Waals surface area contributed by atoms with Crippen LogP contribution >= 0.6 is 0 Å². The maximum Gasteiger partial charge on any atom is 0.252 e. The van der Waals surface area contributed by atoms with E-state index in [0.717, 1.165) is 28.2 Å². The Kier molecular flexibility index (Phi) is 4.81. The van der Waals surface area contributed by atoms with Gasteiger partial charge in [0.2, 0.25) is 0 Å². The fourth-order valence-electron chi connectivity index (χ4n) is 3.11. The number of carbonyl (C=O) groups excluding carboxylic acids is 1. The molecule has 2 aromatic heterocycles. The van der Waals surface area contributed by atoms with Crippen LogP contribution in [-0.4, -0.2) is 20.9 Å². The van der Waals surface area contributed by atoms with Gasteiger partial charge in [0.05, 0.1) is 34.2 Å². The van der Waals surface area contributed by atoms with Gasteiger partial charge in [-0.25, -0.2) is 9.97 Å². The second kappa shape index (κ2) is 7.56. The second-order valence-electron chi connectivity index (χ2n) is 6.67. The van der Waals surface area contributed by atoms with Gasteiger partial charge < -0.3 is 5.32 Å². The molecule has 1 N–H and O–H groups in total. The molecule has 138 valence electrons. The number of benzene rings is 2. The Morgan fingerprint density at radius 3 is 2.29 bits per heavy atom. The Bertz CT molecular complexity index is 1090. The van der Waals surface area contributed by atoms with E-state index in [1.807, 2.05) is 68.4 Å². The van der Waals surface area contributed by atoms with E-state index in [1.165, 1.54) is 0 Å². The van der Waals surface area contributed by atoms with Crippen LogP contribution in [0.15, 0.2) is 72.9 Å². The molecule has 0 saturated heterocycles. The minimum absolute atomic E-state index is 0.179. The van der Waals surface area contributed by atoms with Gasteiger partial charge >= 0.3 is 0 Å². The lowest BCUT2D eigenvalue weighted by atomic mass is 10.0. The number of aryl methyl sites for hydroxylation is 2. The van der Waals surface area contributed by atoms with E-state index in [4.69, 9.17) is 0 Å². The summed E-state index contributed by atoms with van der Waals surface area (Å²) < 4.78 is 0. The van der Waals surface area contributed by atoms with Crippen LogP contribution in [0.4, 0.5) is 0 Å². The maximum absolute atomic E-state index is 13.0. The highest BCUT2D eigenvalue weighted by atomic mass is 16.1. The lowest BCUT2D eigenvalue weighted by Crippen LogP contribution is -2.29. The van der Waals surface area contributed by atoms with Crippen molar-refractivity contribution < 1.29 is 4.79 Å². The Labute approximate surface area is 163 Å². The van der Waals surface area contributed by atoms with E-state index in [2.05, 4.69) is 20.3 Å². The SMILES string of the molecule is Cc1nc2ccc(C(=O)NC(c3ccccc3)c3ccccn3)cc2nc1C. The van der Waals surface area contributed by atoms with E-state index in [0.29, 0.717) is 11.1 Å². The average Bonchev–Trinajstić information content (AvgIpc) is 2.73. The van der Waals surface area contributed by atoms with Gasteiger partial charge in [-0.2, -0.15) is 0 Å². The van der Waals surface area contributed by atoms with Crippen molar-refractivity contribution in [3.8, 4) is 0 Å². The van der Waals surface area contributed by atoms with Crippen molar-refractivity contribution in [2.24, 2.45) is 0 Å². The van der Waals surface area contributed by atoms with Gasteiger partial charge in [-0.1, -0.05) is 36.4 Å². The summed E-state index contributed by atoms with van der Waals surface area (Å²) in [5.74, 6) is -0.179. The molecule has 0 bridgehead atoms. The Balaban J connectivity index is 1.68. The van der Waals surface area contributed by atoms with E-state index in [-0.39, 0.29) is 11.9 Å². The van der Waals surface area contributed by atoms with Gasteiger partial charge in [0.1, 0.15) is 0 Å². The van der Waals surface area contributed by atoms with Crippen molar-refractivity contribution in [1.82, 2.24) is 20.3 Å². The molecule has 0 aliphatic heterocycles. The third-order valence-electron chi connectivity index (χ3n) is 4.73. The number of hydrogen-bond acceptors (Lipinski definition) is 4. The summed E-state index contributed by atoms with van der Waals surface area (Å²) in [6.45, 7) is 3.85. The molecular weight excluding hydrogens is 348 g/mol. The largest absolute Gasteiger partial charge is 0.340 e. The molecule has 0 saturated carbocycles. The summed E-state index contributed by atoms with van der Waals surface area (Å²) in [6, 6.07) is 20.6. The minimum Gasteiger partial charge on any atom is -0.340 e. The van der Waals surface area contributed by atoms with Crippen molar-refractivity contribution >= 4 is 16.9 Å². The van der Waals surface area contributed by atoms with Crippen LogP contribution in [0.2, 0.25) is 0 Å². The highest BCUT2D eigenvalue weighted by Gasteiger charge is 2.19. The number of amides is 1. The Morgan fingerprint density at radius 2 is 1.57 bits per heavy atom. The van der Waals surface area contributed by atoms with Crippen molar-refractivity contribution in [2.45, 2.75) is 19.9 Å². The fraction of sp³-hybridized carbons (Fsp3) is 0.130. The highest BCUT2D eigenvalue weighted by molar-refractivity contribution is 5.97. The zero-order valence-electron chi connectivity index (χ0n) is 15.8. The molecule has 0 radical (unpaired) electrons. The predicted molar refractivity (Wildman–Crippen MR) is 109 cm³/mol. The van der Waals surface area contributed by atoms with Crippen LogP contribution < -0.4 is 5.32 Å². The molecule has 0 fully saturated rings. The molecule has 5 nitrogen and oxygen atoms in total. The van der Waals surface area contributed by atoms with E-state index >= 15 is 0 Å². The minimum atomic E-state index is -0.337. The molecule has 5 heteroatoms. The molecule has 0 spiro atoms. The summed E-state index contributed by atoms with van der Waals surface area (Å²) in [5.41, 5.74) is 5.55. The predicted octanol–water partition coefficient (Wildman–Crippen LogP) is 4.16. The number of fused-ring (bicyclic) bond motifs is 1. The van der Waals surface area contributed by atoms with E-state index in [9.17, 15) is 4.79 Å². The number of pyridine rings is 1. The summed E-state index contributed by atoms with van der Waals surface area (Å²) >= 11 is 0.